The first-order valence-electron chi connectivity index (χ1n) is 5.32. The molecule has 2 rings (SSSR count). The number of halogens is 1. The Balaban J connectivity index is 2.69. The molecule has 4 heteroatoms. The number of pyridine rings is 2. The minimum atomic E-state index is -0.586. The molecule has 2 aromatic rings. The van der Waals surface area contributed by atoms with Crippen molar-refractivity contribution in [2.75, 3.05) is 5.73 Å². The SMILES string of the molecule is C=C/C=C(\C(=C)F)c1cc(N)c2cccnc2n1. The molecule has 0 spiro atoms. The van der Waals surface area contributed by atoms with E-state index in [4.69, 9.17) is 5.73 Å². The highest BCUT2D eigenvalue weighted by molar-refractivity contribution is 5.90. The fraction of sp³-hybridized carbons (Fsp3) is 0. The molecule has 0 bridgehead atoms. The summed E-state index contributed by atoms with van der Waals surface area (Å²) in [6.07, 6.45) is 4.58. The molecular weight excluding hydrogens is 229 g/mol. The van der Waals surface area contributed by atoms with Gasteiger partial charge in [0.25, 0.3) is 0 Å². The first kappa shape index (κ1) is 12.0. The van der Waals surface area contributed by atoms with Gasteiger partial charge in [-0.1, -0.05) is 25.3 Å². The third kappa shape index (κ3) is 2.13. The second-order valence-electron chi connectivity index (χ2n) is 3.69. The van der Waals surface area contributed by atoms with Crippen LogP contribution in [0.4, 0.5) is 10.1 Å². The molecule has 0 saturated carbocycles. The van der Waals surface area contributed by atoms with Gasteiger partial charge in [0.2, 0.25) is 0 Å². The van der Waals surface area contributed by atoms with Crippen LogP contribution in [-0.2, 0) is 0 Å². The van der Waals surface area contributed by atoms with Crippen molar-refractivity contribution in [1.29, 1.82) is 0 Å². The molecule has 0 atom stereocenters. The summed E-state index contributed by atoms with van der Waals surface area (Å²) in [5, 5.41) is 0.740. The summed E-state index contributed by atoms with van der Waals surface area (Å²) < 4.78 is 13.4. The van der Waals surface area contributed by atoms with Crippen LogP contribution in [0, 0.1) is 0 Å². The van der Waals surface area contributed by atoms with Crippen molar-refractivity contribution in [1.82, 2.24) is 9.97 Å². The molecule has 0 aliphatic carbocycles. The van der Waals surface area contributed by atoms with Crippen LogP contribution in [0.25, 0.3) is 16.6 Å². The number of anilines is 1. The average Bonchev–Trinajstić information content (AvgIpc) is 2.35. The predicted molar refractivity (Wildman–Crippen MR) is 72.4 cm³/mol. The van der Waals surface area contributed by atoms with Crippen molar-refractivity contribution in [3.8, 4) is 0 Å². The van der Waals surface area contributed by atoms with Crippen molar-refractivity contribution in [3.63, 3.8) is 0 Å². The number of nitrogens with two attached hydrogens (primary N) is 1. The Morgan fingerprint density at radius 2 is 2.22 bits per heavy atom. The number of hydrogen-bond acceptors (Lipinski definition) is 3. The van der Waals surface area contributed by atoms with E-state index in [1.165, 1.54) is 12.2 Å². The van der Waals surface area contributed by atoms with Gasteiger partial charge in [0.15, 0.2) is 5.65 Å². The second kappa shape index (κ2) is 4.79. The molecule has 0 aliphatic heterocycles. The Labute approximate surface area is 104 Å². The normalized spacial score (nSPS) is 11.5. The summed E-state index contributed by atoms with van der Waals surface area (Å²) in [5.41, 5.74) is 7.53. The van der Waals surface area contributed by atoms with Crippen LogP contribution in [0.5, 0.6) is 0 Å². The monoisotopic (exact) mass is 241 g/mol. The smallest absolute Gasteiger partial charge is 0.161 e. The van der Waals surface area contributed by atoms with Gasteiger partial charge in [-0.15, -0.1) is 0 Å². The standard InChI is InChI=1S/C14H12FN3/c1-3-5-10(9(2)15)13-8-12(16)11-6-4-7-17-14(11)18-13/h3-8H,1-2H2,(H2,16,17,18)/b10-5+. The molecule has 0 aliphatic rings. The third-order valence-electron chi connectivity index (χ3n) is 2.47. The van der Waals surface area contributed by atoms with Gasteiger partial charge in [-0.05, 0) is 18.2 Å². The van der Waals surface area contributed by atoms with E-state index in [9.17, 15) is 4.39 Å². The van der Waals surface area contributed by atoms with E-state index in [-0.39, 0.29) is 5.57 Å². The van der Waals surface area contributed by atoms with Gasteiger partial charge in [0.05, 0.1) is 5.69 Å². The lowest BCUT2D eigenvalue weighted by molar-refractivity contribution is 0.677. The number of nitrogen functional groups attached to an aromatic ring is 1. The first-order chi connectivity index (χ1) is 8.63. The second-order valence-corrected chi connectivity index (χ2v) is 3.69. The lowest BCUT2D eigenvalue weighted by Crippen LogP contribution is -1.97. The molecule has 90 valence electrons. The zero-order valence-corrected chi connectivity index (χ0v) is 9.73. The van der Waals surface area contributed by atoms with Crippen LogP contribution >= 0.6 is 0 Å². The highest BCUT2D eigenvalue weighted by Crippen LogP contribution is 2.26. The van der Waals surface area contributed by atoms with Crippen LogP contribution < -0.4 is 5.73 Å². The summed E-state index contributed by atoms with van der Waals surface area (Å²) in [6, 6.07) is 5.19. The molecule has 0 amide bonds. The minimum Gasteiger partial charge on any atom is -0.398 e. The van der Waals surface area contributed by atoms with Crippen molar-refractivity contribution < 1.29 is 4.39 Å². The van der Waals surface area contributed by atoms with Gasteiger partial charge in [-0.2, -0.15) is 0 Å². The molecule has 3 nitrogen and oxygen atoms in total. The summed E-state index contributed by atoms with van der Waals surface area (Å²) in [5.74, 6) is -0.586. The summed E-state index contributed by atoms with van der Waals surface area (Å²) in [4.78, 5) is 8.38. The topological polar surface area (TPSA) is 51.8 Å². The molecule has 18 heavy (non-hydrogen) atoms. The van der Waals surface area contributed by atoms with E-state index in [0.29, 0.717) is 17.0 Å². The fourth-order valence-corrected chi connectivity index (χ4v) is 1.65. The van der Waals surface area contributed by atoms with Gasteiger partial charge in [0.1, 0.15) is 5.83 Å². The molecular formula is C14H12FN3. The average molecular weight is 241 g/mol. The highest BCUT2D eigenvalue weighted by atomic mass is 19.1. The molecule has 2 aromatic heterocycles. The van der Waals surface area contributed by atoms with Crippen LogP contribution in [0.15, 0.2) is 55.5 Å². The van der Waals surface area contributed by atoms with E-state index in [0.717, 1.165) is 5.39 Å². The number of rotatable bonds is 3. The van der Waals surface area contributed by atoms with Crippen molar-refractivity contribution in [2.45, 2.75) is 0 Å². The number of fused-ring (bicyclic) bond motifs is 1. The van der Waals surface area contributed by atoms with Crippen molar-refractivity contribution >= 4 is 22.3 Å². The molecule has 0 aromatic carbocycles. The quantitative estimate of drug-likeness (QED) is 0.839. The number of aromatic nitrogens is 2. The summed E-state index contributed by atoms with van der Waals surface area (Å²) in [6.45, 7) is 6.81. The van der Waals surface area contributed by atoms with E-state index < -0.39 is 5.83 Å². The first-order valence-corrected chi connectivity index (χ1v) is 5.32. The number of allylic oxidation sites excluding steroid dienone is 4. The minimum absolute atomic E-state index is 0.254. The molecule has 0 unspecified atom stereocenters. The van der Waals surface area contributed by atoms with Crippen LogP contribution in [-0.4, -0.2) is 9.97 Å². The molecule has 0 radical (unpaired) electrons. The fourth-order valence-electron chi connectivity index (χ4n) is 1.65. The molecule has 2 heterocycles. The van der Waals surface area contributed by atoms with E-state index in [2.05, 4.69) is 23.1 Å². The van der Waals surface area contributed by atoms with Gasteiger partial charge in [-0.3, -0.25) is 0 Å². The number of hydrogen-bond donors (Lipinski definition) is 1. The van der Waals surface area contributed by atoms with Crippen molar-refractivity contribution in [3.05, 3.63) is 61.2 Å². The molecule has 0 saturated heterocycles. The van der Waals surface area contributed by atoms with Crippen molar-refractivity contribution in [2.24, 2.45) is 0 Å². The predicted octanol–water partition coefficient (Wildman–Crippen LogP) is 3.26. The maximum atomic E-state index is 13.4. The van der Waals surface area contributed by atoms with Gasteiger partial charge in [0, 0.05) is 22.8 Å². The van der Waals surface area contributed by atoms with Crippen LogP contribution in [0.1, 0.15) is 5.69 Å². The Kier molecular flexibility index (Phi) is 3.19. The maximum Gasteiger partial charge on any atom is 0.161 e. The van der Waals surface area contributed by atoms with Gasteiger partial charge < -0.3 is 5.73 Å². The molecule has 0 fully saturated rings. The Bertz CT molecular complexity index is 659. The van der Waals surface area contributed by atoms with E-state index in [1.54, 1.807) is 18.3 Å². The largest absolute Gasteiger partial charge is 0.398 e. The van der Waals surface area contributed by atoms with E-state index >= 15 is 0 Å². The molecule has 2 N–H and O–H groups in total. The Morgan fingerprint density at radius 1 is 1.44 bits per heavy atom. The van der Waals surface area contributed by atoms with Gasteiger partial charge in [-0.25, -0.2) is 14.4 Å². The van der Waals surface area contributed by atoms with Gasteiger partial charge >= 0.3 is 0 Å². The zero-order valence-electron chi connectivity index (χ0n) is 9.73. The Hall–Kier alpha value is -2.49. The summed E-state index contributed by atoms with van der Waals surface area (Å²) in [7, 11) is 0. The van der Waals surface area contributed by atoms with Crippen LogP contribution in [0.3, 0.4) is 0 Å². The lowest BCUT2D eigenvalue weighted by atomic mass is 10.1. The Morgan fingerprint density at radius 3 is 2.89 bits per heavy atom. The number of nitrogens with zero attached hydrogens (tertiary/aromatic N) is 2. The zero-order chi connectivity index (χ0) is 13.1. The maximum absolute atomic E-state index is 13.4. The highest BCUT2D eigenvalue weighted by Gasteiger charge is 2.10. The summed E-state index contributed by atoms with van der Waals surface area (Å²) >= 11 is 0. The third-order valence-corrected chi connectivity index (χ3v) is 2.47. The van der Waals surface area contributed by atoms with Crippen LogP contribution in [0.2, 0.25) is 0 Å². The van der Waals surface area contributed by atoms with E-state index in [1.807, 2.05) is 6.07 Å². The lowest BCUT2D eigenvalue weighted by Gasteiger charge is -2.07.